The van der Waals surface area contributed by atoms with Crippen molar-refractivity contribution in [1.29, 1.82) is 0 Å². The highest BCUT2D eigenvalue weighted by molar-refractivity contribution is 8.27. The molecule has 4 nitrogen and oxygen atoms in total. The molecule has 4 rings (SSSR count). The second-order valence-corrected chi connectivity index (χ2v) is 8.99. The summed E-state index contributed by atoms with van der Waals surface area (Å²) in [6, 6.07) is 24.4. The van der Waals surface area contributed by atoms with Crippen LogP contribution in [0.1, 0.15) is 12.0 Å². The van der Waals surface area contributed by atoms with Crippen LogP contribution in [0.4, 0.5) is 5.69 Å². The molecule has 0 radical (unpaired) electrons. The van der Waals surface area contributed by atoms with Crippen LogP contribution in [0, 0.1) is 0 Å². The molecule has 0 N–H and O–H groups in total. The van der Waals surface area contributed by atoms with Crippen molar-refractivity contribution in [3.05, 3.63) is 94.4 Å². The quantitative estimate of drug-likeness (QED) is 0.206. The number of benzene rings is 3. The van der Waals surface area contributed by atoms with Gasteiger partial charge in [0, 0.05) is 6.42 Å². The SMILES string of the molecule is O=C1/C(=C/c2cccc(OCCCOc3ccccc3Cl)c2)SC(=S)N1c1ccccc1. The number of nitrogens with zero attached hydrogens (tertiary/aromatic N) is 1. The van der Waals surface area contributed by atoms with E-state index in [-0.39, 0.29) is 5.91 Å². The maximum Gasteiger partial charge on any atom is 0.270 e. The number of anilines is 1. The standard InChI is InChI=1S/C25H20ClNO3S2/c26-21-12-4-5-13-22(21)30-15-7-14-29-20-11-6-8-18(16-20)17-23-24(28)27(25(31)32-23)19-9-2-1-3-10-19/h1-6,8-13,16-17H,7,14-15H2/b23-17-. The van der Waals surface area contributed by atoms with E-state index in [4.69, 9.17) is 33.3 Å². The molecule has 0 aromatic heterocycles. The van der Waals surface area contributed by atoms with E-state index < -0.39 is 0 Å². The van der Waals surface area contributed by atoms with E-state index in [0.29, 0.717) is 39.6 Å². The average Bonchev–Trinajstić information content (AvgIpc) is 3.08. The topological polar surface area (TPSA) is 38.8 Å². The Kier molecular flexibility index (Phi) is 7.47. The van der Waals surface area contributed by atoms with Crippen LogP contribution in [0.5, 0.6) is 11.5 Å². The molecule has 3 aromatic rings. The van der Waals surface area contributed by atoms with E-state index in [2.05, 4.69) is 0 Å². The molecular formula is C25H20ClNO3S2. The van der Waals surface area contributed by atoms with Gasteiger partial charge in [-0.15, -0.1) is 0 Å². The lowest BCUT2D eigenvalue weighted by molar-refractivity contribution is -0.113. The molecule has 0 atom stereocenters. The number of carbonyl (C=O) groups excluding carboxylic acids is 1. The van der Waals surface area contributed by atoms with E-state index in [1.165, 1.54) is 11.8 Å². The third-order valence-corrected chi connectivity index (χ3v) is 6.23. The van der Waals surface area contributed by atoms with Gasteiger partial charge in [0.25, 0.3) is 5.91 Å². The first kappa shape index (κ1) is 22.4. The predicted octanol–water partition coefficient (Wildman–Crippen LogP) is 6.59. The van der Waals surface area contributed by atoms with Gasteiger partial charge in [0.05, 0.1) is 28.8 Å². The minimum Gasteiger partial charge on any atom is -0.493 e. The van der Waals surface area contributed by atoms with Crippen LogP contribution in [0.3, 0.4) is 0 Å². The van der Waals surface area contributed by atoms with Gasteiger partial charge in [0.2, 0.25) is 0 Å². The summed E-state index contributed by atoms with van der Waals surface area (Å²) in [6.45, 7) is 1.01. The summed E-state index contributed by atoms with van der Waals surface area (Å²) in [6.07, 6.45) is 2.56. The molecule has 3 aromatic carbocycles. The number of hydrogen-bond acceptors (Lipinski definition) is 5. The van der Waals surface area contributed by atoms with Crippen molar-refractivity contribution in [3.63, 3.8) is 0 Å². The van der Waals surface area contributed by atoms with Gasteiger partial charge in [-0.05, 0) is 48.0 Å². The minimum atomic E-state index is -0.116. The smallest absolute Gasteiger partial charge is 0.270 e. The summed E-state index contributed by atoms with van der Waals surface area (Å²) in [5.74, 6) is 1.29. The lowest BCUT2D eigenvalue weighted by Crippen LogP contribution is -2.27. The summed E-state index contributed by atoms with van der Waals surface area (Å²) >= 11 is 12.8. The summed E-state index contributed by atoms with van der Waals surface area (Å²) in [7, 11) is 0. The third kappa shape index (κ3) is 5.51. The zero-order chi connectivity index (χ0) is 22.3. The Morgan fingerprint density at radius 1 is 0.938 bits per heavy atom. The van der Waals surface area contributed by atoms with Crippen LogP contribution >= 0.6 is 35.6 Å². The van der Waals surface area contributed by atoms with Crippen LogP contribution < -0.4 is 14.4 Å². The highest BCUT2D eigenvalue weighted by atomic mass is 35.5. The molecule has 7 heteroatoms. The van der Waals surface area contributed by atoms with E-state index in [1.807, 2.05) is 78.9 Å². The molecule has 1 aliphatic heterocycles. The number of para-hydroxylation sites is 2. The fourth-order valence-electron chi connectivity index (χ4n) is 3.11. The molecule has 1 aliphatic rings. The van der Waals surface area contributed by atoms with Crippen LogP contribution in [0.25, 0.3) is 6.08 Å². The van der Waals surface area contributed by atoms with Crippen LogP contribution in [-0.2, 0) is 4.79 Å². The lowest BCUT2D eigenvalue weighted by atomic mass is 10.2. The normalized spacial score (nSPS) is 14.8. The molecule has 162 valence electrons. The van der Waals surface area contributed by atoms with E-state index in [9.17, 15) is 4.79 Å². The molecule has 1 saturated heterocycles. The molecule has 1 heterocycles. The number of halogens is 1. The van der Waals surface area contributed by atoms with Crippen molar-refractivity contribution >= 4 is 57.6 Å². The summed E-state index contributed by atoms with van der Waals surface area (Å²) < 4.78 is 12.1. The van der Waals surface area contributed by atoms with E-state index in [1.54, 1.807) is 11.0 Å². The number of amides is 1. The fourth-order valence-corrected chi connectivity index (χ4v) is 4.60. The maximum atomic E-state index is 12.9. The lowest BCUT2D eigenvalue weighted by Gasteiger charge is -2.13. The first-order chi connectivity index (χ1) is 15.6. The minimum absolute atomic E-state index is 0.116. The predicted molar refractivity (Wildman–Crippen MR) is 136 cm³/mol. The van der Waals surface area contributed by atoms with Crippen molar-refractivity contribution in [2.45, 2.75) is 6.42 Å². The van der Waals surface area contributed by atoms with Crippen LogP contribution in [-0.4, -0.2) is 23.4 Å². The Morgan fingerprint density at radius 3 is 2.50 bits per heavy atom. The second-order valence-electron chi connectivity index (χ2n) is 6.91. The molecule has 0 saturated carbocycles. The third-order valence-electron chi connectivity index (χ3n) is 4.62. The van der Waals surface area contributed by atoms with Crippen molar-refractivity contribution in [2.24, 2.45) is 0 Å². The van der Waals surface area contributed by atoms with E-state index >= 15 is 0 Å². The monoisotopic (exact) mass is 481 g/mol. The molecule has 0 bridgehead atoms. The highest BCUT2D eigenvalue weighted by Gasteiger charge is 2.33. The Labute approximate surface area is 201 Å². The van der Waals surface area contributed by atoms with Gasteiger partial charge in [0.15, 0.2) is 4.32 Å². The second kappa shape index (κ2) is 10.7. The number of rotatable bonds is 8. The van der Waals surface area contributed by atoms with Crippen molar-refractivity contribution < 1.29 is 14.3 Å². The molecule has 0 unspecified atom stereocenters. The number of thiocarbonyl (C=S) groups is 1. The van der Waals surface area contributed by atoms with Crippen LogP contribution in [0.2, 0.25) is 5.02 Å². The first-order valence-electron chi connectivity index (χ1n) is 10.0. The number of hydrogen-bond donors (Lipinski definition) is 0. The number of ether oxygens (including phenoxy) is 2. The average molecular weight is 482 g/mol. The molecule has 0 spiro atoms. The van der Waals surface area contributed by atoms with Crippen molar-refractivity contribution in [3.8, 4) is 11.5 Å². The fraction of sp³-hybridized carbons (Fsp3) is 0.120. The van der Waals surface area contributed by atoms with Crippen LogP contribution in [0.15, 0.2) is 83.8 Å². The molecule has 0 aliphatic carbocycles. The summed E-state index contributed by atoms with van der Waals surface area (Å²) in [5, 5.41) is 0.596. The van der Waals surface area contributed by atoms with Crippen molar-refractivity contribution in [2.75, 3.05) is 18.1 Å². The molecular weight excluding hydrogens is 462 g/mol. The largest absolute Gasteiger partial charge is 0.493 e. The van der Waals surface area contributed by atoms with Gasteiger partial charge in [-0.25, -0.2) is 0 Å². The Balaban J connectivity index is 1.34. The van der Waals surface area contributed by atoms with Gasteiger partial charge in [-0.1, -0.05) is 78.0 Å². The van der Waals surface area contributed by atoms with Gasteiger partial charge in [0.1, 0.15) is 11.5 Å². The zero-order valence-corrected chi connectivity index (χ0v) is 19.5. The Bertz CT molecular complexity index is 1150. The van der Waals surface area contributed by atoms with Gasteiger partial charge in [-0.3, -0.25) is 9.69 Å². The van der Waals surface area contributed by atoms with Gasteiger partial charge in [-0.2, -0.15) is 0 Å². The Hall–Kier alpha value is -2.80. The Morgan fingerprint density at radius 2 is 1.69 bits per heavy atom. The van der Waals surface area contributed by atoms with Crippen molar-refractivity contribution in [1.82, 2.24) is 0 Å². The first-order valence-corrected chi connectivity index (χ1v) is 11.7. The highest BCUT2D eigenvalue weighted by Crippen LogP contribution is 2.36. The summed E-state index contributed by atoms with van der Waals surface area (Å²) in [5.41, 5.74) is 1.65. The van der Waals surface area contributed by atoms with Gasteiger partial charge < -0.3 is 9.47 Å². The number of carbonyl (C=O) groups is 1. The van der Waals surface area contributed by atoms with Gasteiger partial charge >= 0.3 is 0 Å². The maximum absolute atomic E-state index is 12.9. The molecule has 1 amide bonds. The molecule has 32 heavy (non-hydrogen) atoms. The van der Waals surface area contributed by atoms with E-state index in [0.717, 1.165) is 17.0 Å². The summed E-state index contributed by atoms with van der Waals surface area (Å²) in [4.78, 5) is 15.0. The molecule has 1 fully saturated rings. The number of thioether (sulfide) groups is 1. The zero-order valence-electron chi connectivity index (χ0n) is 17.1.